The van der Waals surface area contributed by atoms with Crippen LogP contribution in [0.4, 0.5) is 10.2 Å². The second kappa shape index (κ2) is 10.8. The Hall–Kier alpha value is -3.06. The molecule has 2 saturated heterocycles. The molecule has 208 valence electrons. The molecule has 4 unspecified atom stereocenters. The number of anilines is 1. The first-order valence-electron chi connectivity index (χ1n) is 12.5. The molecule has 14 heteroatoms. The highest BCUT2D eigenvalue weighted by molar-refractivity contribution is 7.58. The number of rotatable bonds is 9. The van der Waals surface area contributed by atoms with Crippen molar-refractivity contribution in [2.75, 3.05) is 18.5 Å². The highest BCUT2D eigenvalue weighted by atomic mass is 31.2. The van der Waals surface area contributed by atoms with Crippen molar-refractivity contribution in [3.63, 3.8) is 0 Å². The molecule has 5 rings (SSSR count). The van der Waals surface area contributed by atoms with Gasteiger partial charge in [-0.05, 0) is 45.9 Å². The highest BCUT2D eigenvalue weighted by Crippen LogP contribution is 2.57. The average molecular weight is 562 g/mol. The van der Waals surface area contributed by atoms with Crippen LogP contribution in [0.1, 0.15) is 44.3 Å². The van der Waals surface area contributed by atoms with Gasteiger partial charge in [-0.2, -0.15) is 4.39 Å². The molecule has 1 aromatic carbocycles. The van der Waals surface area contributed by atoms with Crippen molar-refractivity contribution in [2.24, 2.45) is 0 Å². The van der Waals surface area contributed by atoms with Crippen LogP contribution in [0, 0.1) is 0 Å². The second-order valence-corrected chi connectivity index (χ2v) is 11.2. The molecule has 2 aromatic heterocycles. The molecule has 1 amide bonds. The predicted octanol–water partition coefficient (Wildman–Crippen LogP) is 4.57. The Morgan fingerprint density at radius 1 is 1.13 bits per heavy atom. The number of hydrogen-bond donors (Lipinski definition) is 1. The van der Waals surface area contributed by atoms with E-state index in [0.717, 1.165) is 6.08 Å². The Labute approximate surface area is 224 Å². The summed E-state index contributed by atoms with van der Waals surface area (Å²) >= 11 is 0. The molecule has 39 heavy (non-hydrogen) atoms. The Balaban J connectivity index is 1.47. The van der Waals surface area contributed by atoms with E-state index in [1.54, 1.807) is 56.5 Å². The van der Waals surface area contributed by atoms with E-state index in [2.05, 4.69) is 20.3 Å². The van der Waals surface area contributed by atoms with E-state index in [-0.39, 0.29) is 24.9 Å². The van der Waals surface area contributed by atoms with Crippen molar-refractivity contribution in [3.8, 4) is 0 Å². The van der Waals surface area contributed by atoms with Crippen molar-refractivity contribution in [3.05, 3.63) is 60.2 Å². The Bertz CT molecular complexity index is 1420. The Morgan fingerprint density at radius 2 is 1.82 bits per heavy atom. The first-order chi connectivity index (χ1) is 18.7. The quantitative estimate of drug-likeness (QED) is 0.370. The Morgan fingerprint density at radius 3 is 2.51 bits per heavy atom. The minimum atomic E-state index is -4.16. The van der Waals surface area contributed by atoms with Crippen molar-refractivity contribution in [1.29, 1.82) is 0 Å². The zero-order valence-corrected chi connectivity index (χ0v) is 22.7. The van der Waals surface area contributed by atoms with Gasteiger partial charge < -0.3 is 28.6 Å². The van der Waals surface area contributed by atoms with Crippen LogP contribution < -0.4 is 5.32 Å². The number of carbonyl (C=O) groups excluding carboxylic acids is 1. The monoisotopic (exact) mass is 561 g/mol. The average Bonchev–Trinajstić information content (AvgIpc) is 3.56. The third kappa shape index (κ3) is 5.38. The van der Waals surface area contributed by atoms with Gasteiger partial charge in [0, 0.05) is 5.56 Å². The fraction of sp³-hybridized carbons (Fsp3) is 0.440. The van der Waals surface area contributed by atoms with Gasteiger partial charge in [0.05, 0.1) is 19.5 Å². The summed E-state index contributed by atoms with van der Waals surface area (Å²) in [4.78, 5) is 25.6. The largest absolute Gasteiger partial charge is 0.389 e. The van der Waals surface area contributed by atoms with Crippen LogP contribution in [0.15, 0.2) is 54.6 Å². The number of fused-ring (bicyclic) bond motifs is 2. The fourth-order valence-electron chi connectivity index (χ4n) is 4.59. The molecule has 3 aromatic rings. The van der Waals surface area contributed by atoms with Gasteiger partial charge in [0.25, 0.3) is 5.91 Å². The maximum atomic E-state index is 15.3. The SMILES string of the molecule is CCOP(=O)(OCC)C(F)=CC1OC(n2cnc3c(NC(=O)c4ccccc4)ncnc32)C2OC(C)(C)OC12. The van der Waals surface area contributed by atoms with E-state index in [1.165, 1.54) is 12.7 Å². The molecule has 0 radical (unpaired) electrons. The molecule has 0 spiro atoms. The molecule has 0 aliphatic carbocycles. The number of hydrogen-bond acceptors (Lipinski definition) is 10. The molecular weight excluding hydrogens is 532 g/mol. The minimum absolute atomic E-state index is 0.00471. The van der Waals surface area contributed by atoms with Gasteiger partial charge >= 0.3 is 7.60 Å². The van der Waals surface area contributed by atoms with E-state index in [9.17, 15) is 9.36 Å². The summed E-state index contributed by atoms with van der Waals surface area (Å²) in [5, 5.41) is 2.76. The number of benzene rings is 1. The number of halogens is 1. The zero-order chi connectivity index (χ0) is 27.8. The molecule has 1 N–H and O–H groups in total. The van der Waals surface area contributed by atoms with Crippen LogP contribution in [0.5, 0.6) is 0 Å². The van der Waals surface area contributed by atoms with Gasteiger partial charge in [-0.1, -0.05) is 18.2 Å². The van der Waals surface area contributed by atoms with Gasteiger partial charge in [0.1, 0.15) is 24.6 Å². The van der Waals surface area contributed by atoms with Gasteiger partial charge in [0.2, 0.25) is 5.57 Å². The van der Waals surface area contributed by atoms with Gasteiger partial charge in [-0.25, -0.2) is 15.0 Å². The molecule has 0 saturated carbocycles. The topological polar surface area (TPSA) is 136 Å². The molecular formula is C25H29FN5O7P. The summed E-state index contributed by atoms with van der Waals surface area (Å²) in [5.41, 5.74) is 0.0531. The first-order valence-corrected chi connectivity index (χ1v) is 14.0. The molecule has 2 aliphatic rings. The summed E-state index contributed by atoms with van der Waals surface area (Å²) in [6.07, 6.45) is 0.539. The number of nitrogens with one attached hydrogen (secondary N) is 1. The number of ether oxygens (including phenoxy) is 3. The first kappa shape index (κ1) is 27.5. The van der Waals surface area contributed by atoms with Crippen molar-refractivity contribution < 1.29 is 37.0 Å². The predicted molar refractivity (Wildman–Crippen MR) is 138 cm³/mol. The summed E-state index contributed by atoms with van der Waals surface area (Å²) < 4.78 is 58.4. The minimum Gasteiger partial charge on any atom is -0.345 e. The van der Waals surface area contributed by atoms with Crippen LogP contribution >= 0.6 is 7.60 Å². The third-order valence-electron chi connectivity index (χ3n) is 6.13. The maximum Gasteiger partial charge on any atom is 0.389 e. The lowest BCUT2D eigenvalue weighted by atomic mass is 10.1. The highest BCUT2D eigenvalue weighted by Gasteiger charge is 2.56. The van der Waals surface area contributed by atoms with Crippen molar-refractivity contribution in [2.45, 2.75) is 58.0 Å². The van der Waals surface area contributed by atoms with Crippen molar-refractivity contribution >= 4 is 30.5 Å². The number of aromatic nitrogens is 4. The molecule has 4 atom stereocenters. The second-order valence-electron chi connectivity index (χ2n) is 9.24. The van der Waals surface area contributed by atoms with Crippen molar-refractivity contribution in [1.82, 2.24) is 19.5 Å². The smallest absolute Gasteiger partial charge is 0.345 e. The molecule has 4 heterocycles. The van der Waals surface area contributed by atoms with Gasteiger partial charge in [-0.15, -0.1) is 0 Å². The standard InChI is InChI=1S/C25H29FN5O7P/c1-5-34-39(33,35-6-2)17(26)12-16-19-20(38-25(3,4)37-19)24(36-16)31-14-29-18-21(27-13-28-22(18)31)30-23(32)15-10-8-7-9-11-15/h7-14,16,19-20,24H,5-6H2,1-4H3,(H,27,28,30,32). The van der Waals surface area contributed by atoms with Crippen LogP contribution in [0.2, 0.25) is 0 Å². The summed E-state index contributed by atoms with van der Waals surface area (Å²) in [6, 6.07) is 8.69. The molecule has 2 fully saturated rings. The van der Waals surface area contributed by atoms with E-state index in [1.807, 2.05) is 6.07 Å². The van der Waals surface area contributed by atoms with E-state index < -0.39 is 43.5 Å². The lowest BCUT2D eigenvalue weighted by molar-refractivity contribution is -0.191. The molecule has 2 aliphatic heterocycles. The number of amides is 1. The zero-order valence-electron chi connectivity index (χ0n) is 21.8. The molecule has 12 nitrogen and oxygen atoms in total. The van der Waals surface area contributed by atoms with Crippen LogP contribution in [-0.4, -0.2) is 62.7 Å². The Kier molecular flexibility index (Phi) is 7.64. The van der Waals surface area contributed by atoms with Crippen LogP contribution in [0.25, 0.3) is 11.2 Å². The van der Waals surface area contributed by atoms with Gasteiger partial charge in [-0.3, -0.25) is 13.9 Å². The lowest BCUT2D eigenvalue weighted by Gasteiger charge is -2.24. The lowest BCUT2D eigenvalue weighted by Crippen LogP contribution is -2.28. The number of imidazole rings is 1. The third-order valence-corrected chi connectivity index (χ3v) is 8.00. The van der Waals surface area contributed by atoms with Crippen LogP contribution in [0.3, 0.4) is 0 Å². The summed E-state index contributed by atoms with van der Waals surface area (Å²) in [6.45, 7) is 6.64. The number of carbonyl (C=O) groups is 1. The van der Waals surface area contributed by atoms with E-state index in [0.29, 0.717) is 16.7 Å². The normalized spacial score (nSPS) is 24.7. The fourth-order valence-corrected chi connectivity index (χ4v) is 5.92. The van der Waals surface area contributed by atoms with E-state index >= 15 is 4.39 Å². The summed E-state index contributed by atoms with van der Waals surface area (Å²) in [5.74, 6) is -1.14. The maximum absolute atomic E-state index is 15.3. The van der Waals surface area contributed by atoms with Gasteiger partial charge in [0.15, 0.2) is 29.0 Å². The molecule has 0 bridgehead atoms. The van der Waals surface area contributed by atoms with E-state index in [4.69, 9.17) is 23.3 Å². The van der Waals surface area contributed by atoms with Crippen LogP contribution in [-0.2, 0) is 27.8 Å². The number of nitrogens with zero attached hydrogens (tertiary/aromatic N) is 4. The summed E-state index contributed by atoms with van der Waals surface area (Å²) in [7, 11) is -4.16.